The molecule has 4 nitrogen and oxygen atoms in total. The van der Waals surface area contributed by atoms with Crippen molar-refractivity contribution in [1.29, 1.82) is 0 Å². The van der Waals surface area contributed by atoms with Crippen molar-refractivity contribution in [3.63, 3.8) is 0 Å². The average Bonchev–Trinajstić information content (AvgIpc) is 3.04. The van der Waals surface area contributed by atoms with Gasteiger partial charge in [-0.05, 0) is 47.9 Å². The molecule has 2 aromatic carbocycles. The quantitative estimate of drug-likeness (QED) is 0.492. The van der Waals surface area contributed by atoms with Gasteiger partial charge in [-0.25, -0.2) is 13.2 Å². The van der Waals surface area contributed by atoms with E-state index in [-0.39, 0.29) is 28.6 Å². The third-order valence-electron chi connectivity index (χ3n) is 4.92. The van der Waals surface area contributed by atoms with Crippen molar-refractivity contribution < 1.29 is 36.2 Å². The number of hydrogen-bond donors (Lipinski definition) is 3. The summed E-state index contributed by atoms with van der Waals surface area (Å²) in [6, 6.07) is 4.40. The van der Waals surface area contributed by atoms with Crippen LogP contribution in [0.3, 0.4) is 0 Å². The van der Waals surface area contributed by atoms with Crippen LogP contribution in [0.15, 0.2) is 36.4 Å². The van der Waals surface area contributed by atoms with Crippen molar-refractivity contribution >= 4 is 16.8 Å². The summed E-state index contributed by atoms with van der Waals surface area (Å²) in [7, 11) is 0. The second-order valence-electron chi connectivity index (χ2n) is 7.19. The van der Waals surface area contributed by atoms with Crippen LogP contribution in [0.4, 0.5) is 26.3 Å². The molecule has 3 rings (SSSR count). The van der Waals surface area contributed by atoms with Crippen LogP contribution in [-0.2, 0) is 11.2 Å². The third-order valence-corrected chi connectivity index (χ3v) is 4.92. The van der Waals surface area contributed by atoms with Crippen LogP contribution in [0.2, 0.25) is 0 Å². The summed E-state index contributed by atoms with van der Waals surface area (Å²) in [5.74, 6) is -4.31. The molecule has 3 aromatic rings. The molecule has 1 unspecified atom stereocenters. The highest BCUT2D eigenvalue weighted by Crippen LogP contribution is 2.34. The second-order valence-corrected chi connectivity index (χ2v) is 7.19. The Morgan fingerprint density at radius 2 is 1.74 bits per heavy atom. The van der Waals surface area contributed by atoms with E-state index >= 15 is 0 Å². The first-order valence-corrected chi connectivity index (χ1v) is 9.24. The van der Waals surface area contributed by atoms with Crippen LogP contribution >= 0.6 is 0 Å². The summed E-state index contributed by atoms with van der Waals surface area (Å²) >= 11 is 0. The molecule has 3 N–H and O–H groups in total. The number of H-pyrrole nitrogens is 1. The number of aromatic nitrogens is 1. The smallest absolute Gasteiger partial charge is 0.394 e. The molecular weight excluding hydrogens is 426 g/mol. The van der Waals surface area contributed by atoms with E-state index in [2.05, 4.69) is 4.98 Å². The van der Waals surface area contributed by atoms with Crippen LogP contribution in [0.25, 0.3) is 22.2 Å². The molecule has 0 radical (unpaired) electrons. The number of fused-ring (bicyclic) bond motifs is 1. The molecule has 1 heterocycles. The second kappa shape index (κ2) is 8.62. The molecule has 0 aliphatic rings. The number of alkyl halides is 3. The Bertz CT molecular complexity index is 1090. The van der Waals surface area contributed by atoms with Gasteiger partial charge in [-0.1, -0.05) is 6.92 Å². The van der Waals surface area contributed by atoms with Gasteiger partial charge < -0.3 is 15.4 Å². The van der Waals surface area contributed by atoms with Gasteiger partial charge in [0.05, 0.1) is 12.1 Å². The normalized spacial score (nSPS) is 13.9. The highest BCUT2D eigenvalue weighted by molar-refractivity contribution is 5.92. The van der Waals surface area contributed by atoms with E-state index < -0.39 is 48.1 Å². The van der Waals surface area contributed by atoms with Gasteiger partial charge in [0.25, 0.3) is 0 Å². The maximum absolute atomic E-state index is 14.3. The molecule has 0 aliphatic heterocycles. The minimum absolute atomic E-state index is 0.0492. The van der Waals surface area contributed by atoms with Crippen LogP contribution in [0, 0.1) is 23.4 Å². The van der Waals surface area contributed by atoms with Gasteiger partial charge >= 0.3 is 6.18 Å². The largest absolute Gasteiger partial charge is 0.410 e. The van der Waals surface area contributed by atoms with E-state index in [1.165, 1.54) is 19.1 Å². The van der Waals surface area contributed by atoms with Gasteiger partial charge in [0, 0.05) is 23.1 Å². The molecule has 0 fully saturated rings. The number of benzene rings is 2. The number of carbonyl (C=O) groups is 1. The number of carbonyl (C=O) groups excluding carboxylic acids is 1. The highest BCUT2D eigenvalue weighted by atomic mass is 19.4. The number of halogens is 6. The van der Waals surface area contributed by atoms with Gasteiger partial charge in [0.1, 0.15) is 23.5 Å². The molecule has 0 saturated carbocycles. The Morgan fingerprint density at radius 3 is 2.32 bits per heavy atom. The zero-order valence-corrected chi connectivity index (χ0v) is 16.2. The molecule has 166 valence electrons. The van der Waals surface area contributed by atoms with Gasteiger partial charge in [-0.3, -0.25) is 4.79 Å². The Hall–Kier alpha value is -3.01. The van der Waals surface area contributed by atoms with Crippen LogP contribution in [0.1, 0.15) is 12.5 Å². The zero-order chi connectivity index (χ0) is 22.9. The fourth-order valence-electron chi connectivity index (χ4n) is 3.29. The lowest BCUT2D eigenvalue weighted by atomic mass is 9.95. The predicted molar refractivity (Wildman–Crippen MR) is 102 cm³/mol. The van der Waals surface area contributed by atoms with Crippen molar-refractivity contribution in [3.8, 4) is 11.3 Å². The van der Waals surface area contributed by atoms with E-state index in [1.54, 1.807) is 5.32 Å². The monoisotopic (exact) mass is 444 g/mol. The molecule has 2 atom stereocenters. The first-order valence-electron chi connectivity index (χ1n) is 9.24. The minimum Gasteiger partial charge on any atom is -0.394 e. The summed E-state index contributed by atoms with van der Waals surface area (Å²) in [6.45, 7) is 0.0232. The van der Waals surface area contributed by atoms with Gasteiger partial charge in [0.15, 0.2) is 0 Å². The van der Waals surface area contributed by atoms with Crippen LogP contribution in [-0.4, -0.2) is 34.8 Å². The Morgan fingerprint density at radius 1 is 1.10 bits per heavy atom. The summed E-state index contributed by atoms with van der Waals surface area (Å²) in [5.41, 5.74) is 0.944. The molecule has 0 aliphatic carbocycles. The number of aliphatic hydroxyl groups is 1. The van der Waals surface area contributed by atoms with Crippen molar-refractivity contribution in [3.05, 3.63) is 59.4 Å². The Kier molecular flexibility index (Phi) is 6.30. The number of rotatable bonds is 6. The fourth-order valence-corrected chi connectivity index (χ4v) is 3.29. The molecule has 0 saturated heterocycles. The predicted octanol–water partition coefficient (Wildman–Crippen LogP) is 4.47. The van der Waals surface area contributed by atoms with Crippen LogP contribution < -0.4 is 5.32 Å². The zero-order valence-electron chi connectivity index (χ0n) is 16.2. The van der Waals surface area contributed by atoms with Crippen molar-refractivity contribution in [2.75, 3.05) is 6.61 Å². The molecule has 1 aromatic heterocycles. The Labute approximate surface area is 172 Å². The Balaban J connectivity index is 2.01. The number of hydrogen-bond acceptors (Lipinski definition) is 2. The van der Waals surface area contributed by atoms with Crippen molar-refractivity contribution in [1.82, 2.24) is 10.3 Å². The fraction of sp³-hybridized carbons (Fsp3) is 0.286. The summed E-state index contributed by atoms with van der Waals surface area (Å²) in [4.78, 5) is 15.1. The third kappa shape index (κ3) is 4.84. The van der Waals surface area contributed by atoms with Gasteiger partial charge in [-0.2, -0.15) is 13.2 Å². The van der Waals surface area contributed by atoms with E-state index in [9.17, 15) is 31.1 Å². The maximum Gasteiger partial charge on any atom is 0.410 e. The number of amides is 1. The molecule has 31 heavy (non-hydrogen) atoms. The molecule has 0 spiro atoms. The number of aromatic amines is 1. The highest BCUT2D eigenvalue weighted by Gasteiger charge is 2.40. The van der Waals surface area contributed by atoms with E-state index in [0.717, 1.165) is 18.2 Å². The topological polar surface area (TPSA) is 65.1 Å². The molecule has 1 amide bonds. The average molecular weight is 444 g/mol. The van der Waals surface area contributed by atoms with Crippen molar-refractivity contribution in [2.45, 2.75) is 25.6 Å². The summed E-state index contributed by atoms with van der Waals surface area (Å²) in [5, 5.41) is 10.8. The van der Waals surface area contributed by atoms with E-state index in [0.29, 0.717) is 11.6 Å². The lowest BCUT2D eigenvalue weighted by molar-refractivity contribution is -0.169. The van der Waals surface area contributed by atoms with Crippen LogP contribution in [0.5, 0.6) is 0 Å². The van der Waals surface area contributed by atoms with Crippen molar-refractivity contribution in [2.24, 2.45) is 5.92 Å². The first-order chi connectivity index (χ1) is 14.5. The minimum atomic E-state index is -4.84. The van der Waals surface area contributed by atoms with Gasteiger partial charge in [-0.15, -0.1) is 0 Å². The number of nitrogens with one attached hydrogen (secondary N) is 2. The summed E-state index contributed by atoms with van der Waals surface area (Å²) < 4.78 is 80.0. The lowest BCUT2D eigenvalue weighted by Gasteiger charge is -2.21. The number of aliphatic hydroxyl groups excluding tert-OH is 1. The SMILES string of the molecule is CC(Cc1c(-c2ccc(F)cc2)[nH]c2c(F)cc(F)cc12)C(=O)N[C@@H](CO)C(F)(F)F. The molecule has 0 bridgehead atoms. The standard InChI is InChI=1S/C21H18F6N2O2/c1-10(20(31)28-17(9-30)21(25,26)27)6-14-15-7-13(23)8-16(24)19(15)29-18(14)11-2-4-12(22)5-3-11/h2-5,7-8,10,17,29-30H,6,9H2,1H3,(H,28,31)/t10?,17-/m0/s1. The summed E-state index contributed by atoms with van der Waals surface area (Å²) in [6.07, 6.45) is -5.01. The molecular formula is C21H18F6N2O2. The first kappa shape index (κ1) is 22.7. The van der Waals surface area contributed by atoms with E-state index in [4.69, 9.17) is 5.11 Å². The maximum atomic E-state index is 14.3. The molecule has 10 heteroatoms. The van der Waals surface area contributed by atoms with E-state index in [1.807, 2.05) is 0 Å². The van der Waals surface area contributed by atoms with Gasteiger partial charge in [0.2, 0.25) is 5.91 Å². The lowest BCUT2D eigenvalue weighted by Crippen LogP contribution is -2.49.